The summed E-state index contributed by atoms with van der Waals surface area (Å²) in [5.41, 5.74) is 11.6. The molecule has 12 aromatic rings. The molecule has 264 valence electrons. The molecule has 0 saturated heterocycles. The van der Waals surface area contributed by atoms with E-state index < -0.39 is 0 Å². The van der Waals surface area contributed by atoms with Crippen molar-refractivity contribution in [3.63, 3.8) is 0 Å². The Bertz CT molecular complexity index is 3450. The Morgan fingerprint density at radius 1 is 0.228 bits per heavy atom. The average Bonchev–Trinajstić information content (AvgIpc) is 3.67. The van der Waals surface area contributed by atoms with Gasteiger partial charge in [0.15, 0.2) is 0 Å². The molecule has 0 atom stereocenters. The van der Waals surface area contributed by atoms with Gasteiger partial charge in [-0.2, -0.15) is 0 Å². The van der Waals surface area contributed by atoms with E-state index in [2.05, 4.69) is 206 Å². The quantitative estimate of drug-likeness (QED) is 0.165. The van der Waals surface area contributed by atoms with E-state index >= 15 is 0 Å². The molecule has 0 aliphatic heterocycles. The fourth-order valence-corrected chi connectivity index (χ4v) is 9.77. The summed E-state index contributed by atoms with van der Waals surface area (Å²) in [7, 11) is 0. The van der Waals surface area contributed by atoms with Crippen molar-refractivity contribution in [3.05, 3.63) is 206 Å². The maximum absolute atomic E-state index is 6.86. The zero-order valence-electron chi connectivity index (χ0n) is 31.0. The zero-order chi connectivity index (χ0) is 37.5. The molecule has 0 bridgehead atoms. The summed E-state index contributed by atoms with van der Waals surface area (Å²) in [6.45, 7) is 0. The maximum atomic E-state index is 6.86. The molecule has 12 rings (SSSR count). The van der Waals surface area contributed by atoms with Crippen LogP contribution in [0.15, 0.2) is 211 Å². The van der Waals surface area contributed by atoms with Gasteiger partial charge in [0.25, 0.3) is 0 Å². The molecule has 0 aliphatic carbocycles. The predicted molar refractivity (Wildman–Crippen MR) is 243 cm³/mol. The van der Waals surface area contributed by atoms with Crippen LogP contribution in [0, 0.1) is 0 Å². The van der Waals surface area contributed by atoms with Gasteiger partial charge in [0.05, 0.1) is 0 Å². The van der Waals surface area contributed by atoms with Crippen molar-refractivity contribution in [3.8, 4) is 44.5 Å². The monoisotopic (exact) mass is 722 g/mol. The third-order valence-corrected chi connectivity index (χ3v) is 12.0. The van der Waals surface area contributed by atoms with Gasteiger partial charge >= 0.3 is 0 Å². The smallest absolute Gasteiger partial charge is 0.136 e. The van der Waals surface area contributed by atoms with E-state index in [-0.39, 0.29) is 0 Å². The van der Waals surface area contributed by atoms with Crippen LogP contribution in [-0.2, 0) is 0 Å². The number of benzene rings is 11. The second-order valence-electron chi connectivity index (χ2n) is 15.0. The lowest BCUT2D eigenvalue weighted by atomic mass is 9.82. The second kappa shape index (κ2) is 12.5. The summed E-state index contributed by atoms with van der Waals surface area (Å²) in [6, 6.07) is 75.1. The first kappa shape index (κ1) is 31.8. The Balaban J connectivity index is 1.22. The van der Waals surface area contributed by atoms with E-state index in [9.17, 15) is 0 Å². The summed E-state index contributed by atoms with van der Waals surface area (Å²) < 4.78 is 6.86. The van der Waals surface area contributed by atoms with Crippen LogP contribution in [0.4, 0.5) is 0 Å². The Labute approximate surface area is 329 Å². The molecule has 0 radical (unpaired) electrons. The molecule has 1 heteroatoms. The standard InChI is InChI=1S/C56H34O/c1-2-18-36(19-3-1)51-39-22-6-8-24-41(39)53(42-25-9-7-23-40(42)51)47-31-15-33-49-55(47)56-48(32-16-34-50(56)57-49)54-45-28-12-10-26-43(45)52(44-27-11-13-29-46(44)54)38-30-14-20-35-17-4-5-21-37(35)38/h1-34H. The molecule has 0 N–H and O–H groups in total. The van der Waals surface area contributed by atoms with Crippen LogP contribution in [0.25, 0.3) is 120 Å². The van der Waals surface area contributed by atoms with Crippen molar-refractivity contribution in [1.29, 1.82) is 0 Å². The van der Waals surface area contributed by atoms with Gasteiger partial charge in [-0.1, -0.05) is 194 Å². The lowest BCUT2D eigenvalue weighted by Gasteiger charge is -2.20. The Morgan fingerprint density at radius 2 is 0.561 bits per heavy atom. The summed E-state index contributed by atoms with van der Waals surface area (Å²) in [4.78, 5) is 0. The number of hydrogen-bond donors (Lipinski definition) is 0. The molecule has 1 heterocycles. The minimum absolute atomic E-state index is 0.885. The second-order valence-corrected chi connectivity index (χ2v) is 15.0. The average molecular weight is 723 g/mol. The molecule has 0 unspecified atom stereocenters. The number of rotatable bonds is 4. The molecule has 0 fully saturated rings. The van der Waals surface area contributed by atoms with Crippen molar-refractivity contribution in [1.82, 2.24) is 0 Å². The molecule has 0 aliphatic rings. The lowest BCUT2D eigenvalue weighted by Crippen LogP contribution is -1.93. The van der Waals surface area contributed by atoms with Crippen LogP contribution >= 0.6 is 0 Å². The van der Waals surface area contributed by atoms with Crippen LogP contribution in [0.3, 0.4) is 0 Å². The van der Waals surface area contributed by atoms with Gasteiger partial charge in [-0.05, 0) is 111 Å². The van der Waals surface area contributed by atoms with Crippen molar-refractivity contribution in [2.45, 2.75) is 0 Å². The van der Waals surface area contributed by atoms with Gasteiger partial charge in [-0.3, -0.25) is 0 Å². The zero-order valence-corrected chi connectivity index (χ0v) is 31.0. The third-order valence-electron chi connectivity index (χ3n) is 12.0. The fourth-order valence-electron chi connectivity index (χ4n) is 9.77. The van der Waals surface area contributed by atoms with E-state index in [1.807, 2.05) is 0 Å². The van der Waals surface area contributed by atoms with Crippen molar-refractivity contribution >= 4 is 75.8 Å². The number of hydrogen-bond acceptors (Lipinski definition) is 1. The Morgan fingerprint density at radius 3 is 1.04 bits per heavy atom. The fraction of sp³-hybridized carbons (Fsp3) is 0. The highest BCUT2D eigenvalue weighted by Crippen LogP contribution is 2.51. The molecular weight excluding hydrogens is 689 g/mol. The van der Waals surface area contributed by atoms with Gasteiger partial charge in [-0.15, -0.1) is 0 Å². The normalized spacial score (nSPS) is 11.9. The summed E-state index contributed by atoms with van der Waals surface area (Å²) in [5.74, 6) is 0. The maximum Gasteiger partial charge on any atom is 0.136 e. The molecule has 0 spiro atoms. The van der Waals surface area contributed by atoms with Crippen molar-refractivity contribution < 1.29 is 4.42 Å². The summed E-state index contributed by atoms with van der Waals surface area (Å²) >= 11 is 0. The minimum Gasteiger partial charge on any atom is -0.456 e. The first-order valence-electron chi connectivity index (χ1n) is 19.7. The number of furan rings is 1. The highest BCUT2D eigenvalue weighted by molar-refractivity contribution is 6.30. The SMILES string of the molecule is c1ccc(-c2c3ccccc3c(-c3cccc4oc5cccc(-c6c7ccccc7c(-c7cccc8ccccc78)c7ccccc67)c5c34)c3ccccc23)cc1. The molecule has 57 heavy (non-hydrogen) atoms. The van der Waals surface area contributed by atoms with E-state index in [0.29, 0.717) is 0 Å². The first-order chi connectivity index (χ1) is 28.3. The highest BCUT2D eigenvalue weighted by atomic mass is 16.3. The van der Waals surface area contributed by atoms with Crippen molar-refractivity contribution in [2.24, 2.45) is 0 Å². The predicted octanol–water partition coefficient (Wildman–Crippen LogP) is 16.0. The summed E-state index contributed by atoms with van der Waals surface area (Å²) in [5, 5.41) is 14.6. The van der Waals surface area contributed by atoms with Crippen LogP contribution in [0.1, 0.15) is 0 Å². The molecular formula is C56H34O. The van der Waals surface area contributed by atoms with Gasteiger partial charge in [0.2, 0.25) is 0 Å². The van der Waals surface area contributed by atoms with Gasteiger partial charge in [-0.25, -0.2) is 0 Å². The first-order valence-corrected chi connectivity index (χ1v) is 19.7. The van der Waals surface area contributed by atoms with Crippen LogP contribution < -0.4 is 0 Å². The molecule has 1 nitrogen and oxygen atoms in total. The van der Waals surface area contributed by atoms with E-state index in [4.69, 9.17) is 4.42 Å². The Kier molecular flexibility index (Phi) is 7.00. The number of fused-ring (bicyclic) bond motifs is 8. The largest absolute Gasteiger partial charge is 0.456 e. The minimum atomic E-state index is 0.885. The van der Waals surface area contributed by atoms with Gasteiger partial charge in [0.1, 0.15) is 11.2 Å². The molecule has 11 aromatic carbocycles. The van der Waals surface area contributed by atoms with Crippen molar-refractivity contribution in [2.75, 3.05) is 0 Å². The summed E-state index contributed by atoms with van der Waals surface area (Å²) in [6.07, 6.45) is 0. The van der Waals surface area contributed by atoms with Gasteiger partial charge in [0, 0.05) is 10.8 Å². The highest BCUT2D eigenvalue weighted by Gasteiger charge is 2.24. The molecule has 0 amide bonds. The van der Waals surface area contributed by atoms with E-state index in [1.165, 1.54) is 98.4 Å². The van der Waals surface area contributed by atoms with Gasteiger partial charge < -0.3 is 4.42 Å². The van der Waals surface area contributed by atoms with E-state index in [1.54, 1.807) is 0 Å². The van der Waals surface area contributed by atoms with Crippen LogP contribution in [0.5, 0.6) is 0 Å². The Hall–Kier alpha value is -7.48. The topological polar surface area (TPSA) is 13.1 Å². The van der Waals surface area contributed by atoms with Crippen LogP contribution in [0.2, 0.25) is 0 Å². The molecule has 1 aromatic heterocycles. The van der Waals surface area contributed by atoms with Crippen LogP contribution in [-0.4, -0.2) is 0 Å². The van der Waals surface area contributed by atoms with E-state index in [0.717, 1.165) is 21.9 Å². The lowest BCUT2D eigenvalue weighted by molar-refractivity contribution is 0.669. The molecule has 0 saturated carbocycles. The third kappa shape index (κ3) is 4.70.